The molecule has 108 valence electrons. The summed E-state index contributed by atoms with van der Waals surface area (Å²) in [7, 11) is 0. The van der Waals surface area contributed by atoms with E-state index in [0.717, 1.165) is 11.1 Å². The normalized spacial score (nSPS) is 11.0. The Labute approximate surface area is 125 Å². The number of rotatable bonds is 5. The molecule has 0 saturated carbocycles. The molecule has 0 amide bonds. The highest BCUT2D eigenvalue weighted by Crippen LogP contribution is 2.23. The third kappa shape index (κ3) is 2.92. The van der Waals surface area contributed by atoms with Gasteiger partial charge < -0.3 is 9.88 Å². The fourth-order valence-electron chi connectivity index (χ4n) is 2.04. The number of hydrogen-bond donors (Lipinski definition) is 1. The Kier molecular flexibility index (Phi) is 3.92. The first-order valence-electron chi connectivity index (χ1n) is 6.35. The molecule has 0 bridgehead atoms. The van der Waals surface area contributed by atoms with Crippen molar-refractivity contribution in [2.45, 2.75) is 13.1 Å². The van der Waals surface area contributed by atoms with E-state index < -0.39 is 6.67 Å². The maximum Gasteiger partial charge on any atom is 0.226 e. The second kappa shape index (κ2) is 6.01. The van der Waals surface area contributed by atoms with E-state index in [0.29, 0.717) is 18.0 Å². The molecule has 6 nitrogen and oxygen atoms in total. The maximum atomic E-state index is 12.5. The third-order valence-electron chi connectivity index (χ3n) is 3.00. The van der Waals surface area contributed by atoms with Crippen LogP contribution in [0.3, 0.4) is 0 Å². The number of fused-ring (bicyclic) bond motifs is 1. The molecule has 0 saturated heterocycles. The van der Waals surface area contributed by atoms with Crippen LogP contribution < -0.4 is 5.32 Å². The highest BCUT2D eigenvalue weighted by molar-refractivity contribution is 6.28. The van der Waals surface area contributed by atoms with E-state index in [-0.39, 0.29) is 11.8 Å². The number of anilines is 1. The lowest BCUT2D eigenvalue weighted by Gasteiger charge is -2.07. The van der Waals surface area contributed by atoms with Crippen molar-refractivity contribution >= 4 is 28.5 Å². The van der Waals surface area contributed by atoms with Crippen LogP contribution >= 0.6 is 11.6 Å². The summed E-state index contributed by atoms with van der Waals surface area (Å²) in [5.41, 5.74) is 1.44. The van der Waals surface area contributed by atoms with Crippen LogP contribution in [0, 0.1) is 0 Å². The van der Waals surface area contributed by atoms with Gasteiger partial charge in [-0.15, -0.1) is 0 Å². The molecular weight excluding hydrogens is 295 g/mol. The fraction of sp³-hybridized carbons (Fsp3) is 0.231. The summed E-state index contributed by atoms with van der Waals surface area (Å²) < 4.78 is 14.2. The molecule has 0 unspecified atom stereocenters. The van der Waals surface area contributed by atoms with Crippen LogP contribution in [0.5, 0.6) is 0 Å². The van der Waals surface area contributed by atoms with E-state index in [1.54, 1.807) is 23.0 Å². The fourth-order valence-corrected chi connectivity index (χ4v) is 2.21. The van der Waals surface area contributed by atoms with Crippen molar-refractivity contribution in [1.29, 1.82) is 0 Å². The summed E-state index contributed by atoms with van der Waals surface area (Å²) in [6, 6.07) is 3.64. The van der Waals surface area contributed by atoms with Crippen LogP contribution in [0.4, 0.5) is 10.2 Å². The van der Waals surface area contributed by atoms with Crippen molar-refractivity contribution in [3.63, 3.8) is 0 Å². The first kappa shape index (κ1) is 13.7. The molecule has 0 spiro atoms. The minimum atomic E-state index is -0.463. The van der Waals surface area contributed by atoms with Gasteiger partial charge in [0.2, 0.25) is 5.28 Å². The summed E-state index contributed by atoms with van der Waals surface area (Å²) in [5.74, 6) is 0.598. The Morgan fingerprint density at radius 3 is 2.95 bits per heavy atom. The minimum absolute atomic E-state index is 0.117. The van der Waals surface area contributed by atoms with E-state index in [1.807, 2.05) is 6.07 Å². The Morgan fingerprint density at radius 1 is 1.29 bits per heavy atom. The second-order valence-corrected chi connectivity index (χ2v) is 4.67. The summed E-state index contributed by atoms with van der Waals surface area (Å²) in [5, 5.41) is 4.08. The van der Waals surface area contributed by atoms with Crippen LogP contribution in [-0.4, -0.2) is 31.2 Å². The van der Waals surface area contributed by atoms with Crippen molar-refractivity contribution in [2.75, 3.05) is 12.0 Å². The summed E-state index contributed by atoms with van der Waals surface area (Å²) >= 11 is 5.94. The van der Waals surface area contributed by atoms with Crippen molar-refractivity contribution in [1.82, 2.24) is 24.5 Å². The Balaban J connectivity index is 1.91. The van der Waals surface area contributed by atoms with Crippen molar-refractivity contribution in [3.05, 3.63) is 41.8 Å². The minimum Gasteiger partial charge on any atom is -0.364 e. The zero-order chi connectivity index (χ0) is 14.7. The number of hydrogen-bond acceptors (Lipinski definition) is 5. The molecule has 3 aromatic heterocycles. The van der Waals surface area contributed by atoms with Gasteiger partial charge in [-0.25, -0.2) is 19.3 Å². The lowest BCUT2D eigenvalue weighted by Crippen LogP contribution is -2.05. The lowest BCUT2D eigenvalue weighted by atomic mass is 10.3. The standard InChI is InChI=1S/C13H12ClFN6/c14-13-19-11(17-7-9-1-4-16-8-18-9)10-2-5-21(6-3-15)12(10)20-13/h1-2,4-5,8H,3,6-7H2,(H,17,19,20). The Bertz CT molecular complexity index is 745. The number of aryl methyl sites for hydroxylation is 1. The molecule has 1 N–H and O–H groups in total. The van der Waals surface area contributed by atoms with Gasteiger partial charge in [-0.05, 0) is 23.7 Å². The first-order chi connectivity index (χ1) is 10.3. The highest BCUT2D eigenvalue weighted by atomic mass is 35.5. The molecule has 0 radical (unpaired) electrons. The van der Waals surface area contributed by atoms with Crippen LogP contribution in [0.2, 0.25) is 5.28 Å². The molecule has 3 aromatic rings. The molecular formula is C13H12ClFN6. The summed E-state index contributed by atoms with van der Waals surface area (Å²) in [6.45, 7) is 0.260. The summed E-state index contributed by atoms with van der Waals surface area (Å²) in [6.07, 6.45) is 4.92. The number of nitrogens with one attached hydrogen (secondary N) is 1. The van der Waals surface area contributed by atoms with Gasteiger partial charge in [-0.2, -0.15) is 4.98 Å². The van der Waals surface area contributed by atoms with Crippen molar-refractivity contribution < 1.29 is 4.39 Å². The molecule has 0 atom stereocenters. The van der Waals surface area contributed by atoms with Gasteiger partial charge >= 0.3 is 0 Å². The van der Waals surface area contributed by atoms with Crippen LogP contribution in [0.25, 0.3) is 11.0 Å². The zero-order valence-corrected chi connectivity index (χ0v) is 11.8. The van der Waals surface area contributed by atoms with Crippen molar-refractivity contribution in [2.24, 2.45) is 0 Å². The van der Waals surface area contributed by atoms with Crippen LogP contribution in [0.15, 0.2) is 30.9 Å². The average molecular weight is 307 g/mol. The Morgan fingerprint density at radius 2 is 2.19 bits per heavy atom. The molecule has 0 aromatic carbocycles. The van der Waals surface area contributed by atoms with Gasteiger partial charge in [-0.1, -0.05) is 0 Å². The molecule has 0 aliphatic carbocycles. The molecule has 8 heteroatoms. The van der Waals surface area contributed by atoms with Gasteiger partial charge in [0.25, 0.3) is 0 Å². The second-order valence-electron chi connectivity index (χ2n) is 4.33. The highest BCUT2D eigenvalue weighted by Gasteiger charge is 2.11. The van der Waals surface area contributed by atoms with E-state index in [4.69, 9.17) is 11.6 Å². The third-order valence-corrected chi connectivity index (χ3v) is 3.17. The Hall–Kier alpha value is -2.28. The molecule has 0 aliphatic heterocycles. The average Bonchev–Trinajstić information content (AvgIpc) is 2.89. The van der Waals surface area contributed by atoms with Gasteiger partial charge in [-0.3, -0.25) is 0 Å². The van der Waals surface area contributed by atoms with Gasteiger partial charge in [0.15, 0.2) is 0 Å². The monoisotopic (exact) mass is 306 g/mol. The predicted octanol–water partition coefficient (Wildman–Crippen LogP) is 2.46. The van der Waals surface area contributed by atoms with Gasteiger partial charge in [0.1, 0.15) is 24.5 Å². The lowest BCUT2D eigenvalue weighted by molar-refractivity contribution is 0.450. The van der Waals surface area contributed by atoms with Crippen molar-refractivity contribution in [3.8, 4) is 0 Å². The maximum absolute atomic E-state index is 12.5. The van der Waals surface area contributed by atoms with Crippen LogP contribution in [0.1, 0.15) is 5.69 Å². The number of nitrogens with zero attached hydrogens (tertiary/aromatic N) is 5. The molecule has 0 aliphatic rings. The number of halogens is 2. The summed E-state index contributed by atoms with van der Waals surface area (Å²) in [4.78, 5) is 16.3. The number of alkyl halides is 1. The zero-order valence-electron chi connectivity index (χ0n) is 11.0. The van der Waals surface area contributed by atoms with Gasteiger partial charge in [0, 0.05) is 12.4 Å². The smallest absolute Gasteiger partial charge is 0.226 e. The topological polar surface area (TPSA) is 68.5 Å². The number of aromatic nitrogens is 5. The van der Waals surface area contributed by atoms with E-state index in [2.05, 4.69) is 25.3 Å². The largest absolute Gasteiger partial charge is 0.364 e. The van der Waals surface area contributed by atoms with Crippen LogP contribution in [-0.2, 0) is 13.1 Å². The molecule has 3 rings (SSSR count). The quantitative estimate of drug-likeness (QED) is 0.733. The first-order valence-corrected chi connectivity index (χ1v) is 6.73. The molecule has 3 heterocycles. The molecule has 0 fully saturated rings. The van der Waals surface area contributed by atoms with E-state index in [9.17, 15) is 4.39 Å². The predicted molar refractivity (Wildman–Crippen MR) is 77.9 cm³/mol. The van der Waals surface area contributed by atoms with Gasteiger partial charge in [0.05, 0.1) is 24.2 Å². The SMILES string of the molecule is FCCn1ccc2c(NCc3ccncn3)nc(Cl)nc21. The van der Waals surface area contributed by atoms with E-state index >= 15 is 0 Å². The molecule has 21 heavy (non-hydrogen) atoms. The van der Waals surface area contributed by atoms with E-state index in [1.165, 1.54) is 6.33 Å².